The highest BCUT2D eigenvalue weighted by Gasteiger charge is 2.19. The van der Waals surface area contributed by atoms with Gasteiger partial charge in [-0.1, -0.05) is 42.8 Å². The Morgan fingerprint density at radius 1 is 1.00 bits per heavy atom. The van der Waals surface area contributed by atoms with E-state index in [1.165, 1.54) is 39.5 Å². The second-order valence-corrected chi connectivity index (χ2v) is 6.57. The van der Waals surface area contributed by atoms with Crippen LogP contribution in [0.5, 0.6) is 0 Å². The number of nitrogens with two attached hydrogens (primary N) is 1. The summed E-state index contributed by atoms with van der Waals surface area (Å²) in [5.74, 6) is 0.794. The zero-order valence-electron chi connectivity index (χ0n) is 10.9. The van der Waals surface area contributed by atoms with Gasteiger partial charge in [-0.3, -0.25) is 0 Å². The molecule has 2 aromatic carbocycles. The van der Waals surface area contributed by atoms with Crippen LogP contribution in [-0.2, 0) is 0 Å². The highest BCUT2D eigenvalue weighted by atomic mass is 127. The van der Waals surface area contributed by atoms with Crippen LogP contribution in [0.25, 0.3) is 0 Å². The van der Waals surface area contributed by atoms with Crippen molar-refractivity contribution < 1.29 is 0 Å². The van der Waals surface area contributed by atoms with E-state index >= 15 is 0 Å². The fraction of sp³-hybridized carbons (Fsp3) is 0.294. The van der Waals surface area contributed by atoms with Crippen molar-refractivity contribution in [1.82, 2.24) is 0 Å². The molecule has 1 unspecified atom stereocenters. The molecular formula is C17H18IN. The standard InChI is InChI=1S/C17H18IN/c18-16-6-2-5-15(11-16)17(19)14-9-7-13(8-10-14)12-3-1-4-12/h2,5-12,17H,1,3-4,19H2. The van der Waals surface area contributed by atoms with Gasteiger partial charge in [-0.25, -0.2) is 0 Å². The Balaban J connectivity index is 1.81. The number of rotatable bonds is 3. The Labute approximate surface area is 128 Å². The molecule has 0 heterocycles. The van der Waals surface area contributed by atoms with E-state index in [1.54, 1.807) is 0 Å². The molecule has 0 saturated heterocycles. The average molecular weight is 363 g/mol. The minimum atomic E-state index is -0.0230. The Bertz CT molecular complexity index is 558. The predicted molar refractivity (Wildman–Crippen MR) is 88.2 cm³/mol. The molecule has 1 nitrogen and oxygen atoms in total. The van der Waals surface area contributed by atoms with Crippen molar-refractivity contribution in [3.63, 3.8) is 0 Å². The van der Waals surface area contributed by atoms with Crippen LogP contribution >= 0.6 is 22.6 Å². The van der Waals surface area contributed by atoms with Gasteiger partial charge in [0.1, 0.15) is 0 Å². The number of benzene rings is 2. The van der Waals surface area contributed by atoms with Crippen molar-refractivity contribution >= 4 is 22.6 Å². The summed E-state index contributed by atoms with van der Waals surface area (Å²) in [5.41, 5.74) is 10.2. The van der Waals surface area contributed by atoms with Gasteiger partial charge in [0.15, 0.2) is 0 Å². The predicted octanol–water partition coefficient (Wildman–Crippen LogP) is 4.61. The van der Waals surface area contributed by atoms with Gasteiger partial charge in [0.25, 0.3) is 0 Å². The molecule has 0 aromatic heterocycles. The summed E-state index contributed by atoms with van der Waals surface area (Å²) in [6.45, 7) is 0. The van der Waals surface area contributed by atoms with Gasteiger partial charge in [0.05, 0.1) is 6.04 Å². The van der Waals surface area contributed by atoms with Crippen LogP contribution in [-0.4, -0.2) is 0 Å². The summed E-state index contributed by atoms with van der Waals surface area (Å²) in [6.07, 6.45) is 4.08. The zero-order valence-corrected chi connectivity index (χ0v) is 13.0. The molecule has 0 radical (unpaired) electrons. The molecule has 0 bridgehead atoms. The molecule has 1 aliphatic carbocycles. The van der Waals surface area contributed by atoms with Crippen molar-refractivity contribution in [3.05, 3.63) is 68.8 Å². The molecular weight excluding hydrogens is 345 g/mol. The van der Waals surface area contributed by atoms with E-state index in [1.807, 2.05) is 0 Å². The maximum atomic E-state index is 6.35. The van der Waals surface area contributed by atoms with Crippen molar-refractivity contribution in [3.8, 4) is 0 Å². The normalized spacial score (nSPS) is 16.9. The van der Waals surface area contributed by atoms with Crippen LogP contribution in [0.3, 0.4) is 0 Å². The van der Waals surface area contributed by atoms with E-state index in [4.69, 9.17) is 5.73 Å². The summed E-state index contributed by atoms with van der Waals surface area (Å²) in [4.78, 5) is 0. The minimum absolute atomic E-state index is 0.0230. The van der Waals surface area contributed by atoms with Crippen LogP contribution in [0.4, 0.5) is 0 Å². The summed E-state index contributed by atoms with van der Waals surface area (Å²) in [7, 11) is 0. The first kappa shape index (κ1) is 13.1. The van der Waals surface area contributed by atoms with Gasteiger partial charge < -0.3 is 5.73 Å². The summed E-state index contributed by atoms with van der Waals surface area (Å²) >= 11 is 2.33. The van der Waals surface area contributed by atoms with Gasteiger partial charge in [-0.15, -0.1) is 0 Å². The van der Waals surface area contributed by atoms with Crippen LogP contribution in [0, 0.1) is 3.57 Å². The summed E-state index contributed by atoms with van der Waals surface area (Å²) in [5, 5.41) is 0. The molecule has 1 atom stereocenters. The topological polar surface area (TPSA) is 26.0 Å². The van der Waals surface area contributed by atoms with Crippen molar-refractivity contribution in [2.75, 3.05) is 0 Å². The van der Waals surface area contributed by atoms with E-state index in [0.717, 1.165) is 5.92 Å². The molecule has 98 valence electrons. The highest BCUT2D eigenvalue weighted by molar-refractivity contribution is 14.1. The Morgan fingerprint density at radius 3 is 2.32 bits per heavy atom. The van der Waals surface area contributed by atoms with Gasteiger partial charge in [-0.05, 0) is 70.2 Å². The molecule has 1 saturated carbocycles. The highest BCUT2D eigenvalue weighted by Crippen LogP contribution is 2.36. The van der Waals surface area contributed by atoms with Crippen LogP contribution < -0.4 is 5.73 Å². The molecule has 2 heteroatoms. The fourth-order valence-corrected chi connectivity index (χ4v) is 3.18. The molecule has 0 amide bonds. The average Bonchev–Trinajstić information content (AvgIpc) is 2.37. The van der Waals surface area contributed by atoms with E-state index < -0.39 is 0 Å². The number of halogens is 1. The van der Waals surface area contributed by atoms with Crippen molar-refractivity contribution in [1.29, 1.82) is 0 Å². The molecule has 2 aromatic rings. The second-order valence-electron chi connectivity index (χ2n) is 5.33. The van der Waals surface area contributed by atoms with E-state index in [-0.39, 0.29) is 6.04 Å². The van der Waals surface area contributed by atoms with E-state index in [9.17, 15) is 0 Å². The Morgan fingerprint density at radius 2 is 1.74 bits per heavy atom. The third-order valence-electron chi connectivity index (χ3n) is 4.08. The molecule has 1 fully saturated rings. The van der Waals surface area contributed by atoms with E-state index in [2.05, 4.69) is 71.1 Å². The Kier molecular flexibility index (Phi) is 3.89. The lowest BCUT2D eigenvalue weighted by atomic mass is 9.79. The zero-order chi connectivity index (χ0) is 13.2. The van der Waals surface area contributed by atoms with Crippen LogP contribution in [0.1, 0.15) is 47.9 Å². The lowest BCUT2D eigenvalue weighted by Crippen LogP contribution is -2.13. The maximum Gasteiger partial charge on any atom is 0.0552 e. The quantitative estimate of drug-likeness (QED) is 0.792. The third kappa shape index (κ3) is 2.84. The first-order valence-electron chi connectivity index (χ1n) is 6.85. The van der Waals surface area contributed by atoms with Crippen molar-refractivity contribution in [2.45, 2.75) is 31.2 Å². The first-order valence-corrected chi connectivity index (χ1v) is 7.93. The fourth-order valence-electron chi connectivity index (χ4n) is 2.61. The first-order chi connectivity index (χ1) is 9.24. The molecule has 0 aliphatic heterocycles. The number of hydrogen-bond donors (Lipinski definition) is 1. The molecule has 2 N–H and O–H groups in total. The minimum Gasteiger partial charge on any atom is -0.320 e. The van der Waals surface area contributed by atoms with Gasteiger partial charge in [0, 0.05) is 3.57 Å². The SMILES string of the molecule is NC(c1ccc(C2CCC2)cc1)c1cccc(I)c1. The largest absolute Gasteiger partial charge is 0.320 e. The van der Waals surface area contributed by atoms with Gasteiger partial charge in [0.2, 0.25) is 0 Å². The third-order valence-corrected chi connectivity index (χ3v) is 4.75. The Hall–Kier alpha value is -0.870. The second kappa shape index (κ2) is 5.63. The smallest absolute Gasteiger partial charge is 0.0552 e. The lowest BCUT2D eigenvalue weighted by Gasteiger charge is -2.26. The molecule has 0 spiro atoms. The molecule has 1 aliphatic rings. The van der Waals surface area contributed by atoms with Gasteiger partial charge in [-0.2, -0.15) is 0 Å². The summed E-state index contributed by atoms with van der Waals surface area (Å²) < 4.78 is 1.23. The van der Waals surface area contributed by atoms with Crippen LogP contribution in [0.2, 0.25) is 0 Å². The molecule has 3 rings (SSSR count). The van der Waals surface area contributed by atoms with E-state index in [0.29, 0.717) is 0 Å². The van der Waals surface area contributed by atoms with Gasteiger partial charge >= 0.3 is 0 Å². The lowest BCUT2D eigenvalue weighted by molar-refractivity contribution is 0.419. The van der Waals surface area contributed by atoms with Crippen molar-refractivity contribution in [2.24, 2.45) is 5.73 Å². The monoisotopic (exact) mass is 363 g/mol. The number of hydrogen-bond acceptors (Lipinski definition) is 1. The maximum absolute atomic E-state index is 6.35. The van der Waals surface area contributed by atoms with Crippen LogP contribution in [0.15, 0.2) is 48.5 Å². The molecule has 19 heavy (non-hydrogen) atoms. The summed E-state index contributed by atoms with van der Waals surface area (Å²) in [6, 6.07) is 17.3.